The van der Waals surface area contributed by atoms with Gasteiger partial charge in [0.25, 0.3) is 0 Å². The van der Waals surface area contributed by atoms with E-state index in [0.29, 0.717) is 12.1 Å². The second kappa shape index (κ2) is 7.03. The van der Waals surface area contributed by atoms with Crippen molar-refractivity contribution in [3.63, 3.8) is 0 Å². The SMILES string of the molecule is CN1CCCC1CCn1ccnc1-c1cn(C2CCNCC2)nn1. The average molecular weight is 329 g/mol. The van der Waals surface area contributed by atoms with Crippen molar-refractivity contribution in [2.24, 2.45) is 0 Å². The molecule has 0 saturated carbocycles. The van der Waals surface area contributed by atoms with Gasteiger partial charge in [-0.25, -0.2) is 9.67 Å². The average Bonchev–Trinajstić information content (AvgIpc) is 3.34. The number of hydrogen-bond acceptors (Lipinski definition) is 5. The molecule has 2 aliphatic rings. The Labute approximate surface area is 143 Å². The van der Waals surface area contributed by atoms with Gasteiger partial charge in [0, 0.05) is 25.0 Å². The number of nitrogens with zero attached hydrogens (tertiary/aromatic N) is 6. The van der Waals surface area contributed by atoms with Crippen LogP contribution >= 0.6 is 0 Å². The number of rotatable bonds is 5. The summed E-state index contributed by atoms with van der Waals surface area (Å²) in [4.78, 5) is 7.01. The zero-order valence-corrected chi connectivity index (χ0v) is 14.4. The molecule has 0 radical (unpaired) electrons. The molecule has 24 heavy (non-hydrogen) atoms. The summed E-state index contributed by atoms with van der Waals surface area (Å²) < 4.78 is 4.25. The maximum Gasteiger partial charge on any atom is 0.162 e. The Kier molecular flexibility index (Phi) is 4.62. The lowest BCUT2D eigenvalue weighted by Gasteiger charge is -2.22. The zero-order valence-electron chi connectivity index (χ0n) is 14.4. The molecule has 7 nitrogen and oxygen atoms in total. The van der Waals surface area contributed by atoms with Gasteiger partial charge in [-0.15, -0.1) is 5.10 Å². The van der Waals surface area contributed by atoms with Gasteiger partial charge in [-0.3, -0.25) is 0 Å². The molecule has 2 fully saturated rings. The van der Waals surface area contributed by atoms with Crippen molar-refractivity contribution in [2.75, 3.05) is 26.7 Å². The van der Waals surface area contributed by atoms with Gasteiger partial charge in [-0.2, -0.15) is 0 Å². The standard InChI is InChI=1S/C17H27N7/c1-22-10-2-3-14(22)6-11-23-12-9-19-17(23)16-13-24(21-20-16)15-4-7-18-8-5-15/h9,12-15,18H,2-8,10-11H2,1H3. The molecule has 1 unspecified atom stereocenters. The van der Waals surface area contributed by atoms with Crippen LogP contribution in [0.1, 0.15) is 38.1 Å². The summed E-state index contributed by atoms with van der Waals surface area (Å²) in [7, 11) is 2.23. The van der Waals surface area contributed by atoms with E-state index in [2.05, 4.69) is 49.5 Å². The normalized spacial score (nSPS) is 23.1. The Balaban J connectivity index is 1.45. The summed E-state index contributed by atoms with van der Waals surface area (Å²) in [6, 6.07) is 1.16. The Morgan fingerprint density at radius 1 is 1.25 bits per heavy atom. The van der Waals surface area contributed by atoms with E-state index in [1.807, 2.05) is 10.9 Å². The minimum atomic E-state index is 0.461. The van der Waals surface area contributed by atoms with E-state index < -0.39 is 0 Å². The van der Waals surface area contributed by atoms with Gasteiger partial charge in [0.05, 0.1) is 12.2 Å². The minimum Gasteiger partial charge on any atom is -0.330 e. The molecule has 2 aliphatic heterocycles. The molecule has 1 atom stereocenters. The van der Waals surface area contributed by atoms with Gasteiger partial charge in [0.2, 0.25) is 0 Å². The molecule has 2 saturated heterocycles. The highest BCUT2D eigenvalue weighted by Gasteiger charge is 2.22. The molecule has 0 bridgehead atoms. The quantitative estimate of drug-likeness (QED) is 0.902. The van der Waals surface area contributed by atoms with Crippen molar-refractivity contribution < 1.29 is 0 Å². The summed E-state index contributed by atoms with van der Waals surface area (Å²) >= 11 is 0. The molecule has 0 spiro atoms. The van der Waals surface area contributed by atoms with Gasteiger partial charge in [0.1, 0.15) is 5.69 Å². The predicted molar refractivity (Wildman–Crippen MR) is 92.7 cm³/mol. The van der Waals surface area contributed by atoms with E-state index in [4.69, 9.17) is 0 Å². The summed E-state index contributed by atoms with van der Waals surface area (Å²) in [5, 5.41) is 12.1. The van der Waals surface area contributed by atoms with Crippen LogP contribution in [0.25, 0.3) is 11.5 Å². The van der Waals surface area contributed by atoms with Crippen molar-refractivity contribution in [3.8, 4) is 11.5 Å². The van der Waals surface area contributed by atoms with Crippen LogP contribution in [0.5, 0.6) is 0 Å². The number of aryl methyl sites for hydroxylation is 1. The number of hydrogen-bond donors (Lipinski definition) is 1. The fourth-order valence-corrected chi connectivity index (χ4v) is 3.98. The molecule has 2 aromatic rings. The molecule has 4 heterocycles. The first kappa shape index (κ1) is 15.8. The van der Waals surface area contributed by atoms with Crippen molar-refractivity contribution in [2.45, 2.75) is 50.7 Å². The molecule has 130 valence electrons. The Morgan fingerprint density at radius 3 is 2.92 bits per heavy atom. The maximum absolute atomic E-state index is 4.53. The largest absolute Gasteiger partial charge is 0.330 e. The van der Waals surface area contributed by atoms with Gasteiger partial charge >= 0.3 is 0 Å². The van der Waals surface area contributed by atoms with Gasteiger partial charge in [0.15, 0.2) is 5.82 Å². The molecule has 0 aromatic carbocycles. The number of nitrogens with one attached hydrogen (secondary N) is 1. The van der Waals surface area contributed by atoms with Crippen LogP contribution in [0.15, 0.2) is 18.6 Å². The number of aromatic nitrogens is 5. The van der Waals surface area contributed by atoms with E-state index in [1.165, 1.54) is 25.8 Å². The van der Waals surface area contributed by atoms with Crippen molar-refractivity contribution in [1.29, 1.82) is 0 Å². The van der Waals surface area contributed by atoms with Crippen LogP contribution in [0, 0.1) is 0 Å². The Bertz CT molecular complexity index is 655. The molecule has 4 rings (SSSR count). The minimum absolute atomic E-state index is 0.461. The molecule has 0 amide bonds. The first-order valence-corrected chi connectivity index (χ1v) is 9.15. The smallest absolute Gasteiger partial charge is 0.162 e. The van der Waals surface area contributed by atoms with Crippen LogP contribution in [0.2, 0.25) is 0 Å². The molecule has 1 N–H and O–H groups in total. The van der Waals surface area contributed by atoms with E-state index in [0.717, 1.165) is 44.0 Å². The first-order chi connectivity index (χ1) is 11.8. The zero-order chi connectivity index (χ0) is 16.4. The first-order valence-electron chi connectivity index (χ1n) is 9.15. The Morgan fingerprint density at radius 2 is 2.12 bits per heavy atom. The highest BCUT2D eigenvalue weighted by atomic mass is 15.4. The lowest BCUT2D eigenvalue weighted by molar-refractivity contribution is 0.286. The second-order valence-corrected chi connectivity index (χ2v) is 7.07. The molecule has 2 aromatic heterocycles. The number of imidazole rings is 1. The van der Waals surface area contributed by atoms with Gasteiger partial charge in [-0.1, -0.05) is 5.21 Å². The predicted octanol–water partition coefficient (Wildman–Crippen LogP) is 1.55. The second-order valence-electron chi connectivity index (χ2n) is 7.07. The lowest BCUT2D eigenvalue weighted by atomic mass is 10.1. The highest BCUT2D eigenvalue weighted by Crippen LogP contribution is 2.22. The monoisotopic (exact) mass is 329 g/mol. The fraction of sp³-hybridized carbons (Fsp3) is 0.706. The Hall–Kier alpha value is -1.73. The summed E-state index contributed by atoms with van der Waals surface area (Å²) in [5.74, 6) is 0.941. The van der Waals surface area contributed by atoms with Crippen molar-refractivity contribution in [1.82, 2.24) is 34.8 Å². The number of likely N-dealkylation sites (tertiary alicyclic amines) is 1. The number of piperidine rings is 1. The van der Waals surface area contributed by atoms with Crippen LogP contribution < -0.4 is 5.32 Å². The highest BCUT2D eigenvalue weighted by molar-refractivity contribution is 5.47. The van der Waals surface area contributed by atoms with Gasteiger partial charge in [-0.05, 0) is 58.8 Å². The lowest BCUT2D eigenvalue weighted by Crippen LogP contribution is -2.29. The van der Waals surface area contributed by atoms with Crippen LogP contribution in [0.3, 0.4) is 0 Å². The van der Waals surface area contributed by atoms with Crippen molar-refractivity contribution >= 4 is 0 Å². The molecule has 0 aliphatic carbocycles. The summed E-state index contributed by atoms with van der Waals surface area (Å²) in [5.41, 5.74) is 0.887. The van der Waals surface area contributed by atoms with E-state index in [1.54, 1.807) is 0 Å². The third-order valence-electron chi connectivity index (χ3n) is 5.51. The van der Waals surface area contributed by atoms with Crippen molar-refractivity contribution in [3.05, 3.63) is 18.6 Å². The topological polar surface area (TPSA) is 63.8 Å². The van der Waals surface area contributed by atoms with E-state index in [9.17, 15) is 0 Å². The van der Waals surface area contributed by atoms with E-state index >= 15 is 0 Å². The molecule has 7 heteroatoms. The maximum atomic E-state index is 4.53. The third kappa shape index (κ3) is 3.23. The van der Waals surface area contributed by atoms with Crippen LogP contribution in [-0.2, 0) is 6.54 Å². The van der Waals surface area contributed by atoms with Gasteiger partial charge < -0.3 is 14.8 Å². The van der Waals surface area contributed by atoms with Crippen LogP contribution in [0.4, 0.5) is 0 Å². The third-order valence-corrected chi connectivity index (χ3v) is 5.51. The molecular formula is C17H27N7. The van der Waals surface area contributed by atoms with E-state index in [-0.39, 0.29) is 0 Å². The summed E-state index contributed by atoms with van der Waals surface area (Å²) in [6.45, 7) is 4.34. The van der Waals surface area contributed by atoms with Crippen LogP contribution in [-0.4, -0.2) is 62.2 Å². The fourth-order valence-electron chi connectivity index (χ4n) is 3.98. The molecular weight excluding hydrogens is 302 g/mol. The summed E-state index contributed by atoms with van der Waals surface area (Å²) in [6.07, 6.45) is 12.0.